The number of carbonyl (C=O) groups excluding carboxylic acids is 1. The molecule has 1 rings (SSSR count). The van der Waals surface area contributed by atoms with Crippen molar-refractivity contribution in [3.05, 3.63) is 41.9 Å². The van der Waals surface area contributed by atoms with Gasteiger partial charge in [0.25, 0.3) is 0 Å². The molecule has 104 valence electrons. The molecule has 0 saturated heterocycles. The molecule has 0 aromatic heterocycles. The Morgan fingerprint density at radius 3 is 2.68 bits per heavy atom. The number of hydrogen-bond donors (Lipinski definition) is 1. The van der Waals surface area contributed by atoms with Crippen molar-refractivity contribution >= 4 is 29.3 Å². The Balaban J connectivity index is 2.64. The molecule has 1 amide bonds. The second-order valence-corrected chi connectivity index (χ2v) is 5.86. The van der Waals surface area contributed by atoms with Gasteiger partial charge in [-0.05, 0) is 31.2 Å². The molecule has 1 aromatic carbocycles. The Hall–Kier alpha value is -0.970. The third-order valence-electron chi connectivity index (χ3n) is 2.51. The van der Waals surface area contributed by atoms with E-state index in [1.165, 1.54) is 11.8 Å². The first-order valence-electron chi connectivity index (χ1n) is 6.01. The fraction of sp³-hybridized carbons (Fsp3) is 0.357. The summed E-state index contributed by atoms with van der Waals surface area (Å²) in [5, 5.41) is 9.43. The minimum Gasteiger partial charge on any atom is -0.395 e. The van der Waals surface area contributed by atoms with E-state index in [-0.39, 0.29) is 17.8 Å². The quantitative estimate of drug-likeness (QED) is 0.622. The second-order valence-electron chi connectivity index (χ2n) is 4.01. The maximum absolute atomic E-state index is 12.2. The van der Waals surface area contributed by atoms with Crippen molar-refractivity contribution in [2.24, 2.45) is 0 Å². The molecule has 0 aliphatic carbocycles. The van der Waals surface area contributed by atoms with Crippen LogP contribution in [0.3, 0.4) is 0 Å². The van der Waals surface area contributed by atoms with Gasteiger partial charge in [-0.1, -0.05) is 17.7 Å². The highest BCUT2D eigenvalue weighted by Crippen LogP contribution is 2.25. The van der Waals surface area contributed by atoms with Gasteiger partial charge in [-0.2, -0.15) is 0 Å². The van der Waals surface area contributed by atoms with Gasteiger partial charge in [0, 0.05) is 23.0 Å². The third kappa shape index (κ3) is 5.27. The predicted molar refractivity (Wildman–Crippen MR) is 80.6 cm³/mol. The van der Waals surface area contributed by atoms with Crippen LogP contribution in [0.5, 0.6) is 0 Å². The van der Waals surface area contributed by atoms with Crippen molar-refractivity contribution in [2.75, 3.05) is 19.7 Å². The molecule has 0 aliphatic rings. The average molecular weight is 300 g/mol. The van der Waals surface area contributed by atoms with Crippen LogP contribution < -0.4 is 0 Å². The van der Waals surface area contributed by atoms with E-state index in [9.17, 15) is 4.79 Å². The van der Waals surface area contributed by atoms with Crippen LogP contribution in [0, 0.1) is 0 Å². The fourth-order valence-corrected chi connectivity index (χ4v) is 2.67. The van der Waals surface area contributed by atoms with Gasteiger partial charge in [-0.3, -0.25) is 4.79 Å². The molecule has 0 aliphatic heterocycles. The van der Waals surface area contributed by atoms with Crippen molar-refractivity contribution in [3.8, 4) is 0 Å². The Bertz CT molecular complexity index is 422. The number of benzene rings is 1. The lowest BCUT2D eigenvalue weighted by Crippen LogP contribution is -2.38. The lowest BCUT2D eigenvalue weighted by atomic mass is 10.3. The minimum atomic E-state index is -0.215. The van der Waals surface area contributed by atoms with Crippen molar-refractivity contribution in [3.63, 3.8) is 0 Å². The number of hydrogen-bond acceptors (Lipinski definition) is 3. The van der Waals surface area contributed by atoms with Gasteiger partial charge in [0.15, 0.2) is 0 Å². The molecule has 1 aromatic rings. The molecule has 0 bridgehead atoms. The molecule has 0 heterocycles. The van der Waals surface area contributed by atoms with E-state index >= 15 is 0 Å². The highest BCUT2D eigenvalue weighted by atomic mass is 35.5. The lowest BCUT2D eigenvalue weighted by Gasteiger charge is -2.23. The van der Waals surface area contributed by atoms with E-state index in [1.807, 2.05) is 19.1 Å². The van der Waals surface area contributed by atoms with Crippen LogP contribution in [0.4, 0.5) is 0 Å². The van der Waals surface area contributed by atoms with E-state index in [1.54, 1.807) is 23.1 Å². The Kier molecular flexibility index (Phi) is 6.99. The average Bonchev–Trinajstić information content (AvgIpc) is 2.40. The number of halogens is 1. The summed E-state index contributed by atoms with van der Waals surface area (Å²) in [5.74, 6) is -0.00565. The standard InChI is InChI=1S/C14H18ClNO2S/c1-3-8-16(9-10-17)14(18)11(2)19-13-6-4-12(15)5-7-13/h3-7,11,17H,1,8-10H2,2H3. The Labute approximate surface area is 123 Å². The summed E-state index contributed by atoms with van der Waals surface area (Å²) in [7, 11) is 0. The maximum Gasteiger partial charge on any atom is 0.236 e. The monoisotopic (exact) mass is 299 g/mol. The SMILES string of the molecule is C=CCN(CCO)C(=O)C(C)Sc1ccc(Cl)cc1. The molecule has 19 heavy (non-hydrogen) atoms. The summed E-state index contributed by atoms with van der Waals surface area (Å²) in [5.41, 5.74) is 0. The van der Waals surface area contributed by atoms with Crippen molar-refractivity contribution < 1.29 is 9.90 Å². The Morgan fingerprint density at radius 1 is 1.53 bits per heavy atom. The van der Waals surface area contributed by atoms with Crippen LogP contribution in [0.1, 0.15) is 6.92 Å². The van der Waals surface area contributed by atoms with Gasteiger partial charge in [0.2, 0.25) is 5.91 Å². The van der Waals surface area contributed by atoms with Crippen molar-refractivity contribution in [1.29, 1.82) is 0 Å². The van der Waals surface area contributed by atoms with Crippen LogP contribution in [0.25, 0.3) is 0 Å². The van der Waals surface area contributed by atoms with Gasteiger partial charge >= 0.3 is 0 Å². The molecule has 0 saturated carbocycles. The molecule has 1 N–H and O–H groups in total. The lowest BCUT2D eigenvalue weighted by molar-refractivity contribution is -0.130. The zero-order valence-electron chi connectivity index (χ0n) is 10.9. The summed E-state index contributed by atoms with van der Waals surface area (Å²) in [6.07, 6.45) is 1.66. The highest BCUT2D eigenvalue weighted by Gasteiger charge is 2.20. The molecule has 0 spiro atoms. The topological polar surface area (TPSA) is 40.5 Å². The van der Waals surface area contributed by atoms with E-state index in [2.05, 4.69) is 6.58 Å². The number of thioether (sulfide) groups is 1. The van der Waals surface area contributed by atoms with Gasteiger partial charge in [-0.25, -0.2) is 0 Å². The molecule has 5 heteroatoms. The number of nitrogens with zero attached hydrogens (tertiary/aromatic N) is 1. The van der Waals surface area contributed by atoms with Gasteiger partial charge in [-0.15, -0.1) is 18.3 Å². The molecule has 3 nitrogen and oxygen atoms in total. The minimum absolute atomic E-state index is 0.00565. The van der Waals surface area contributed by atoms with Gasteiger partial charge in [0.1, 0.15) is 0 Å². The number of aliphatic hydroxyl groups is 1. The normalized spacial score (nSPS) is 11.9. The first-order chi connectivity index (χ1) is 9.08. The summed E-state index contributed by atoms with van der Waals surface area (Å²) in [6.45, 7) is 6.21. The molecule has 1 unspecified atom stereocenters. The third-order valence-corrected chi connectivity index (χ3v) is 3.86. The molecule has 1 atom stereocenters. The predicted octanol–water partition coefficient (Wildman–Crippen LogP) is 2.83. The smallest absolute Gasteiger partial charge is 0.236 e. The molecule has 0 radical (unpaired) electrons. The van der Waals surface area contributed by atoms with Crippen molar-refractivity contribution in [2.45, 2.75) is 17.1 Å². The van der Waals surface area contributed by atoms with Crippen LogP contribution in [0.2, 0.25) is 5.02 Å². The maximum atomic E-state index is 12.2. The number of rotatable bonds is 7. The second kappa shape index (κ2) is 8.25. The summed E-state index contributed by atoms with van der Waals surface area (Å²) in [4.78, 5) is 14.8. The molecular formula is C14H18ClNO2S. The number of carbonyl (C=O) groups is 1. The van der Waals surface area contributed by atoms with E-state index in [0.717, 1.165) is 4.90 Å². The van der Waals surface area contributed by atoms with Crippen LogP contribution in [-0.2, 0) is 4.79 Å². The zero-order chi connectivity index (χ0) is 14.3. The Morgan fingerprint density at radius 2 is 2.16 bits per heavy atom. The number of aliphatic hydroxyl groups excluding tert-OH is 1. The summed E-state index contributed by atoms with van der Waals surface area (Å²) in [6, 6.07) is 7.38. The fourth-order valence-electron chi connectivity index (χ4n) is 1.59. The van der Waals surface area contributed by atoms with Crippen molar-refractivity contribution in [1.82, 2.24) is 4.90 Å². The summed E-state index contributed by atoms with van der Waals surface area (Å²) < 4.78 is 0. The van der Waals surface area contributed by atoms with Gasteiger partial charge in [0.05, 0.1) is 11.9 Å². The van der Waals surface area contributed by atoms with E-state index < -0.39 is 0 Å². The zero-order valence-corrected chi connectivity index (χ0v) is 12.5. The van der Waals surface area contributed by atoms with Crippen LogP contribution >= 0.6 is 23.4 Å². The summed E-state index contributed by atoms with van der Waals surface area (Å²) >= 11 is 7.30. The largest absolute Gasteiger partial charge is 0.395 e. The van der Waals surface area contributed by atoms with E-state index in [4.69, 9.17) is 16.7 Å². The molecule has 0 fully saturated rings. The number of amides is 1. The highest BCUT2D eigenvalue weighted by molar-refractivity contribution is 8.00. The van der Waals surface area contributed by atoms with Crippen LogP contribution in [-0.4, -0.2) is 40.9 Å². The van der Waals surface area contributed by atoms with Crippen LogP contribution in [0.15, 0.2) is 41.8 Å². The van der Waals surface area contributed by atoms with E-state index in [0.29, 0.717) is 18.1 Å². The first-order valence-corrected chi connectivity index (χ1v) is 7.27. The molecular weight excluding hydrogens is 282 g/mol. The van der Waals surface area contributed by atoms with Gasteiger partial charge < -0.3 is 10.0 Å². The first kappa shape index (κ1) is 16.1.